The Labute approximate surface area is 155 Å². The Kier molecular flexibility index (Phi) is 4.29. The van der Waals surface area contributed by atoms with E-state index in [1.165, 1.54) is 58.3 Å². The molecular formula is C19H29N7. The average molecular weight is 355 g/mol. The molecule has 1 aliphatic carbocycles. The third-order valence-electron chi connectivity index (χ3n) is 6.24. The zero-order valence-electron chi connectivity index (χ0n) is 15.7. The molecule has 26 heavy (non-hydrogen) atoms. The maximum atomic E-state index is 4.82. The fourth-order valence-corrected chi connectivity index (χ4v) is 4.15. The van der Waals surface area contributed by atoms with Crippen LogP contribution >= 0.6 is 0 Å². The van der Waals surface area contributed by atoms with Gasteiger partial charge in [0.1, 0.15) is 5.82 Å². The van der Waals surface area contributed by atoms with Crippen LogP contribution in [-0.2, 0) is 0 Å². The van der Waals surface area contributed by atoms with Crippen molar-refractivity contribution < 1.29 is 0 Å². The molecule has 4 heterocycles. The molecule has 7 nitrogen and oxygen atoms in total. The zero-order valence-corrected chi connectivity index (χ0v) is 15.7. The van der Waals surface area contributed by atoms with Gasteiger partial charge in [-0.15, -0.1) is 15.3 Å². The molecular weight excluding hydrogens is 326 g/mol. The van der Waals surface area contributed by atoms with Crippen LogP contribution in [0, 0.1) is 0 Å². The first-order valence-electron chi connectivity index (χ1n) is 10.2. The summed E-state index contributed by atoms with van der Waals surface area (Å²) in [6, 6.07) is 4.78. The lowest BCUT2D eigenvalue weighted by molar-refractivity contribution is 0.155. The summed E-state index contributed by atoms with van der Waals surface area (Å²) in [6.45, 7) is 7.09. The van der Waals surface area contributed by atoms with E-state index in [1.807, 2.05) is 4.52 Å². The molecule has 2 aromatic heterocycles. The van der Waals surface area contributed by atoms with Crippen molar-refractivity contribution in [1.29, 1.82) is 0 Å². The summed E-state index contributed by atoms with van der Waals surface area (Å²) >= 11 is 0. The Morgan fingerprint density at radius 2 is 1.88 bits per heavy atom. The molecule has 0 radical (unpaired) electrons. The number of hydrogen-bond acceptors (Lipinski definition) is 6. The van der Waals surface area contributed by atoms with E-state index in [1.54, 1.807) is 0 Å². The highest BCUT2D eigenvalue weighted by Gasteiger charge is 2.33. The molecule has 2 saturated heterocycles. The van der Waals surface area contributed by atoms with Gasteiger partial charge < -0.3 is 9.80 Å². The molecule has 0 spiro atoms. The van der Waals surface area contributed by atoms with Gasteiger partial charge in [-0.1, -0.05) is 6.42 Å². The Bertz CT molecular complexity index is 756. The molecule has 0 unspecified atom stereocenters. The van der Waals surface area contributed by atoms with Crippen LogP contribution < -0.4 is 4.90 Å². The Morgan fingerprint density at radius 3 is 2.65 bits per heavy atom. The molecule has 1 saturated carbocycles. The van der Waals surface area contributed by atoms with Crippen molar-refractivity contribution in [3.8, 4) is 0 Å². The number of fused-ring (bicyclic) bond motifs is 1. The van der Waals surface area contributed by atoms with Crippen LogP contribution in [-0.4, -0.2) is 82.0 Å². The van der Waals surface area contributed by atoms with Gasteiger partial charge in [0.25, 0.3) is 0 Å². The molecule has 0 bridgehead atoms. The van der Waals surface area contributed by atoms with Crippen molar-refractivity contribution in [3.05, 3.63) is 18.0 Å². The normalized spacial score (nSPS) is 22.3. The van der Waals surface area contributed by atoms with Crippen LogP contribution in [0.25, 0.3) is 5.65 Å². The molecule has 0 N–H and O–H groups in total. The molecule has 3 fully saturated rings. The second-order valence-electron chi connectivity index (χ2n) is 8.24. The predicted molar refractivity (Wildman–Crippen MR) is 102 cm³/mol. The van der Waals surface area contributed by atoms with Crippen molar-refractivity contribution in [2.75, 3.05) is 51.2 Å². The van der Waals surface area contributed by atoms with Gasteiger partial charge in [-0.2, -0.15) is 4.52 Å². The van der Waals surface area contributed by atoms with Gasteiger partial charge in [-0.25, -0.2) is 0 Å². The number of nitrogens with zero attached hydrogens (tertiary/aromatic N) is 7. The van der Waals surface area contributed by atoms with Gasteiger partial charge in [0.05, 0.1) is 0 Å². The van der Waals surface area contributed by atoms with Gasteiger partial charge in [0.2, 0.25) is 0 Å². The first-order valence-corrected chi connectivity index (χ1v) is 10.2. The molecule has 0 aromatic carbocycles. The number of rotatable bonds is 6. The van der Waals surface area contributed by atoms with Crippen LogP contribution in [0.5, 0.6) is 0 Å². The van der Waals surface area contributed by atoms with Crippen molar-refractivity contribution in [1.82, 2.24) is 29.6 Å². The van der Waals surface area contributed by atoms with E-state index in [-0.39, 0.29) is 0 Å². The van der Waals surface area contributed by atoms with E-state index in [9.17, 15) is 0 Å². The first kappa shape index (κ1) is 16.4. The number of likely N-dealkylation sites (tertiary alicyclic amines) is 1. The largest absolute Gasteiger partial charge is 0.352 e. The SMILES string of the molecule is CN(CCN1CCCCC1)C1CN(c2ccc3nnc(C4CC4)n3n2)C1. The number of aromatic nitrogens is 4. The van der Waals surface area contributed by atoms with E-state index in [2.05, 4.69) is 44.1 Å². The quantitative estimate of drug-likeness (QED) is 0.785. The smallest absolute Gasteiger partial charge is 0.178 e. The second-order valence-corrected chi connectivity index (χ2v) is 8.24. The number of likely N-dealkylation sites (N-methyl/N-ethyl adjacent to an activating group) is 1. The minimum atomic E-state index is 0.567. The van der Waals surface area contributed by atoms with E-state index in [0.29, 0.717) is 12.0 Å². The molecule has 140 valence electrons. The lowest BCUT2D eigenvalue weighted by Crippen LogP contribution is -2.59. The molecule has 7 heteroatoms. The molecule has 0 atom stereocenters. The standard InChI is InChI=1S/C19H29N7/c1-23(11-12-24-9-3-2-4-10-24)16-13-25(14-16)18-8-7-17-20-21-19(15-5-6-15)26(17)22-18/h7-8,15-16H,2-6,9-14H2,1H3. The van der Waals surface area contributed by atoms with Crippen LogP contribution in [0.3, 0.4) is 0 Å². The summed E-state index contributed by atoms with van der Waals surface area (Å²) in [5, 5.41) is 13.4. The Morgan fingerprint density at radius 1 is 1.08 bits per heavy atom. The minimum Gasteiger partial charge on any atom is -0.352 e. The summed E-state index contributed by atoms with van der Waals surface area (Å²) in [4.78, 5) is 7.52. The van der Waals surface area contributed by atoms with Crippen molar-refractivity contribution >= 4 is 11.5 Å². The van der Waals surface area contributed by atoms with Gasteiger partial charge in [0.15, 0.2) is 11.5 Å². The van der Waals surface area contributed by atoms with Gasteiger partial charge >= 0.3 is 0 Å². The third kappa shape index (κ3) is 3.18. The number of hydrogen-bond donors (Lipinski definition) is 0. The topological polar surface area (TPSA) is 52.8 Å². The maximum Gasteiger partial charge on any atom is 0.178 e. The number of anilines is 1. The monoisotopic (exact) mass is 355 g/mol. The lowest BCUT2D eigenvalue weighted by Gasteiger charge is -2.45. The average Bonchev–Trinajstić information content (AvgIpc) is 3.39. The molecule has 0 amide bonds. The summed E-state index contributed by atoms with van der Waals surface area (Å²) in [7, 11) is 2.27. The molecule has 3 aliphatic rings. The predicted octanol–water partition coefficient (Wildman–Crippen LogP) is 1.61. The highest BCUT2D eigenvalue weighted by molar-refractivity contribution is 5.48. The van der Waals surface area contributed by atoms with E-state index in [4.69, 9.17) is 5.10 Å². The Hall–Kier alpha value is -1.73. The molecule has 2 aromatic rings. The molecule has 5 rings (SSSR count). The van der Waals surface area contributed by atoms with Crippen LogP contribution in [0.2, 0.25) is 0 Å². The van der Waals surface area contributed by atoms with Crippen molar-refractivity contribution in [2.45, 2.75) is 44.1 Å². The van der Waals surface area contributed by atoms with Crippen LogP contribution in [0.1, 0.15) is 43.8 Å². The third-order valence-corrected chi connectivity index (χ3v) is 6.24. The van der Waals surface area contributed by atoms with Crippen molar-refractivity contribution in [2.24, 2.45) is 0 Å². The first-order chi connectivity index (χ1) is 12.8. The second kappa shape index (κ2) is 6.78. The maximum absolute atomic E-state index is 4.82. The van der Waals surface area contributed by atoms with E-state index < -0.39 is 0 Å². The van der Waals surface area contributed by atoms with Crippen LogP contribution in [0.15, 0.2) is 12.1 Å². The van der Waals surface area contributed by atoms with E-state index in [0.717, 1.165) is 30.4 Å². The number of piperidine rings is 1. The van der Waals surface area contributed by atoms with E-state index >= 15 is 0 Å². The van der Waals surface area contributed by atoms with Gasteiger partial charge in [0, 0.05) is 38.1 Å². The molecule has 2 aliphatic heterocycles. The highest BCUT2D eigenvalue weighted by atomic mass is 15.4. The van der Waals surface area contributed by atoms with Crippen molar-refractivity contribution in [3.63, 3.8) is 0 Å². The minimum absolute atomic E-state index is 0.567. The van der Waals surface area contributed by atoms with Gasteiger partial charge in [-0.3, -0.25) is 4.90 Å². The van der Waals surface area contributed by atoms with Crippen LogP contribution in [0.4, 0.5) is 5.82 Å². The summed E-state index contributed by atoms with van der Waals surface area (Å²) in [5.41, 5.74) is 0.867. The summed E-state index contributed by atoms with van der Waals surface area (Å²) < 4.78 is 1.96. The Balaban J connectivity index is 1.17. The summed E-state index contributed by atoms with van der Waals surface area (Å²) in [5.74, 6) is 2.66. The lowest BCUT2D eigenvalue weighted by atomic mass is 10.1. The summed E-state index contributed by atoms with van der Waals surface area (Å²) in [6.07, 6.45) is 6.61. The van der Waals surface area contributed by atoms with Gasteiger partial charge in [-0.05, 0) is 58.0 Å². The fourth-order valence-electron chi connectivity index (χ4n) is 4.15. The fraction of sp³-hybridized carbons (Fsp3) is 0.737. The zero-order chi connectivity index (χ0) is 17.5. The highest BCUT2D eigenvalue weighted by Crippen LogP contribution is 2.38.